The fourth-order valence-corrected chi connectivity index (χ4v) is 3.11. The molecule has 0 bridgehead atoms. The fourth-order valence-electron chi connectivity index (χ4n) is 1.64. The van der Waals surface area contributed by atoms with Gasteiger partial charge in [-0.3, -0.25) is 0 Å². The van der Waals surface area contributed by atoms with Crippen LogP contribution in [-0.2, 0) is 15.8 Å². The van der Waals surface area contributed by atoms with Crippen molar-refractivity contribution >= 4 is 16.0 Å². The molecule has 0 aliphatic rings. The topological polar surface area (TPSA) is 107 Å². The number of nitrogens with one attached hydrogen (secondary N) is 1. The molecule has 2 N–H and O–H groups in total. The molecule has 1 rings (SSSR count). The quantitative estimate of drug-likeness (QED) is 0.792. The Labute approximate surface area is 118 Å². The third-order valence-corrected chi connectivity index (χ3v) is 4.14. The molecular weight excluding hydrogens is 280 g/mol. The standard InChI is InChI=1S/C13H16N2O4S/c1-2-12(7-8-14)15-20(18,19)9-10-3-5-11(6-4-10)13(16)17/h3-6,12,15H,2,7,9H2,1H3,(H,16,17). The summed E-state index contributed by atoms with van der Waals surface area (Å²) in [4.78, 5) is 10.7. The van der Waals surface area contributed by atoms with Crippen LogP contribution in [0.5, 0.6) is 0 Å². The first-order valence-electron chi connectivity index (χ1n) is 6.07. The van der Waals surface area contributed by atoms with Crippen molar-refractivity contribution in [3.05, 3.63) is 35.4 Å². The molecule has 1 aromatic rings. The van der Waals surface area contributed by atoms with Crippen molar-refractivity contribution in [1.29, 1.82) is 5.26 Å². The van der Waals surface area contributed by atoms with Crippen LogP contribution in [0.4, 0.5) is 0 Å². The largest absolute Gasteiger partial charge is 0.478 e. The van der Waals surface area contributed by atoms with Crippen molar-refractivity contribution < 1.29 is 18.3 Å². The second-order valence-electron chi connectivity index (χ2n) is 4.35. The molecule has 20 heavy (non-hydrogen) atoms. The third kappa shape index (κ3) is 4.99. The van der Waals surface area contributed by atoms with Crippen molar-refractivity contribution in [3.63, 3.8) is 0 Å². The molecule has 6 nitrogen and oxygen atoms in total. The Morgan fingerprint density at radius 2 is 2.00 bits per heavy atom. The zero-order chi connectivity index (χ0) is 15.2. The molecule has 1 aromatic carbocycles. The van der Waals surface area contributed by atoms with E-state index in [0.29, 0.717) is 12.0 Å². The lowest BCUT2D eigenvalue weighted by atomic mass is 10.1. The average molecular weight is 296 g/mol. The van der Waals surface area contributed by atoms with E-state index in [-0.39, 0.29) is 17.7 Å². The zero-order valence-electron chi connectivity index (χ0n) is 11.0. The van der Waals surface area contributed by atoms with E-state index in [2.05, 4.69) is 4.72 Å². The third-order valence-electron chi connectivity index (χ3n) is 2.73. The summed E-state index contributed by atoms with van der Waals surface area (Å²) < 4.78 is 26.3. The number of hydrogen-bond donors (Lipinski definition) is 2. The first-order valence-corrected chi connectivity index (χ1v) is 7.72. The molecule has 0 amide bonds. The Morgan fingerprint density at radius 3 is 2.45 bits per heavy atom. The molecule has 0 heterocycles. The SMILES string of the molecule is CCC(CC#N)NS(=O)(=O)Cc1ccc(C(=O)O)cc1. The molecule has 0 aromatic heterocycles. The number of carboxylic acid groups (broad SMARTS) is 1. The summed E-state index contributed by atoms with van der Waals surface area (Å²) in [5.74, 6) is -1.30. The second kappa shape index (κ2) is 7.03. The summed E-state index contributed by atoms with van der Waals surface area (Å²) in [6, 6.07) is 7.19. The molecule has 0 aliphatic heterocycles. The Hall–Kier alpha value is -1.91. The summed E-state index contributed by atoms with van der Waals surface area (Å²) in [6.07, 6.45) is 0.651. The van der Waals surface area contributed by atoms with Gasteiger partial charge in [-0.15, -0.1) is 0 Å². The second-order valence-corrected chi connectivity index (χ2v) is 6.10. The molecular formula is C13H16N2O4S. The molecule has 0 saturated carbocycles. The number of hydrogen-bond acceptors (Lipinski definition) is 4. The van der Waals surface area contributed by atoms with E-state index in [9.17, 15) is 13.2 Å². The van der Waals surface area contributed by atoms with Crippen molar-refractivity contribution in [2.24, 2.45) is 0 Å². The van der Waals surface area contributed by atoms with Gasteiger partial charge in [-0.05, 0) is 24.1 Å². The van der Waals surface area contributed by atoms with E-state index in [1.807, 2.05) is 6.07 Å². The number of sulfonamides is 1. The molecule has 0 spiro atoms. The van der Waals surface area contributed by atoms with Crippen LogP contribution in [0.3, 0.4) is 0 Å². The molecule has 0 saturated heterocycles. The minimum Gasteiger partial charge on any atom is -0.478 e. The van der Waals surface area contributed by atoms with Gasteiger partial charge in [0.25, 0.3) is 0 Å². The van der Waals surface area contributed by atoms with Gasteiger partial charge in [0.15, 0.2) is 0 Å². The van der Waals surface area contributed by atoms with Gasteiger partial charge in [-0.25, -0.2) is 17.9 Å². The molecule has 0 fully saturated rings. The van der Waals surface area contributed by atoms with Crippen LogP contribution in [-0.4, -0.2) is 25.5 Å². The van der Waals surface area contributed by atoms with Gasteiger partial charge < -0.3 is 5.11 Å². The van der Waals surface area contributed by atoms with Crippen LogP contribution in [0, 0.1) is 11.3 Å². The van der Waals surface area contributed by atoms with Gasteiger partial charge in [0.1, 0.15) is 0 Å². The highest BCUT2D eigenvalue weighted by atomic mass is 32.2. The highest BCUT2D eigenvalue weighted by molar-refractivity contribution is 7.88. The van der Waals surface area contributed by atoms with E-state index in [1.165, 1.54) is 24.3 Å². The van der Waals surface area contributed by atoms with Gasteiger partial charge in [-0.2, -0.15) is 5.26 Å². The summed E-state index contributed by atoms with van der Waals surface area (Å²) in [5.41, 5.74) is 0.601. The molecule has 108 valence electrons. The number of carbonyl (C=O) groups is 1. The summed E-state index contributed by atoms with van der Waals surface area (Å²) >= 11 is 0. The maximum Gasteiger partial charge on any atom is 0.335 e. The summed E-state index contributed by atoms with van der Waals surface area (Å²) in [5, 5.41) is 17.4. The Morgan fingerprint density at radius 1 is 1.40 bits per heavy atom. The molecule has 0 aliphatic carbocycles. The lowest BCUT2D eigenvalue weighted by molar-refractivity contribution is 0.0697. The predicted molar refractivity (Wildman–Crippen MR) is 73.5 cm³/mol. The van der Waals surface area contributed by atoms with Crippen LogP contribution in [0.25, 0.3) is 0 Å². The number of benzene rings is 1. The van der Waals surface area contributed by atoms with E-state index in [0.717, 1.165) is 0 Å². The first-order chi connectivity index (χ1) is 9.38. The van der Waals surface area contributed by atoms with E-state index in [4.69, 9.17) is 10.4 Å². The van der Waals surface area contributed by atoms with Crippen molar-refractivity contribution in [3.8, 4) is 6.07 Å². The highest BCUT2D eigenvalue weighted by Gasteiger charge is 2.17. The lowest BCUT2D eigenvalue weighted by Crippen LogP contribution is -2.34. The first kappa shape index (κ1) is 16.1. The monoisotopic (exact) mass is 296 g/mol. The molecule has 7 heteroatoms. The van der Waals surface area contributed by atoms with Crippen LogP contribution < -0.4 is 4.72 Å². The number of carboxylic acids is 1. The minimum atomic E-state index is -3.55. The van der Waals surface area contributed by atoms with E-state index < -0.39 is 22.0 Å². The Kier molecular flexibility index (Phi) is 5.67. The van der Waals surface area contributed by atoms with Gasteiger partial charge in [0.05, 0.1) is 23.8 Å². The van der Waals surface area contributed by atoms with Crippen molar-refractivity contribution in [2.75, 3.05) is 0 Å². The normalized spacial score (nSPS) is 12.6. The Bertz CT molecular complexity index is 602. The Balaban J connectivity index is 2.75. The van der Waals surface area contributed by atoms with Crippen LogP contribution in [0.15, 0.2) is 24.3 Å². The number of aromatic carboxylic acids is 1. The van der Waals surface area contributed by atoms with Crippen LogP contribution in [0.2, 0.25) is 0 Å². The highest BCUT2D eigenvalue weighted by Crippen LogP contribution is 2.09. The van der Waals surface area contributed by atoms with Crippen molar-refractivity contribution in [2.45, 2.75) is 31.6 Å². The van der Waals surface area contributed by atoms with Gasteiger partial charge in [0, 0.05) is 6.04 Å². The van der Waals surface area contributed by atoms with E-state index >= 15 is 0 Å². The fraction of sp³-hybridized carbons (Fsp3) is 0.385. The molecule has 1 unspecified atom stereocenters. The van der Waals surface area contributed by atoms with E-state index in [1.54, 1.807) is 6.92 Å². The smallest absolute Gasteiger partial charge is 0.335 e. The summed E-state index contributed by atoms with van der Waals surface area (Å²) in [7, 11) is -3.55. The zero-order valence-corrected chi connectivity index (χ0v) is 11.9. The van der Waals surface area contributed by atoms with Gasteiger partial charge >= 0.3 is 5.97 Å². The number of rotatable bonds is 7. The number of nitrogens with zero attached hydrogens (tertiary/aromatic N) is 1. The van der Waals surface area contributed by atoms with Crippen molar-refractivity contribution in [1.82, 2.24) is 4.72 Å². The minimum absolute atomic E-state index is 0.107. The average Bonchev–Trinajstić information content (AvgIpc) is 2.38. The predicted octanol–water partition coefficient (Wildman–Crippen LogP) is 1.50. The molecule has 0 radical (unpaired) electrons. The maximum absolute atomic E-state index is 11.9. The number of nitriles is 1. The molecule has 1 atom stereocenters. The van der Waals surface area contributed by atoms with Crippen LogP contribution in [0.1, 0.15) is 35.7 Å². The summed E-state index contributed by atoms with van der Waals surface area (Å²) in [6.45, 7) is 1.80. The van der Waals surface area contributed by atoms with Crippen LogP contribution >= 0.6 is 0 Å². The van der Waals surface area contributed by atoms with Gasteiger partial charge in [-0.1, -0.05) is 19.1 Å². The maximum atomic E-state index is 11.9. The van der Waals surface area contributed by atoms with Gasteiger partial charge in [0.2, 0.25) is 10.0 Å². The lowest BCUT2D eigenvalue weighted by Gasteiger charge is -2.14.